The molecular formula is C14H20ClNO3. The van der Waals surface area contributed by atoms with E-state index in [9.17, 15) is 4.79 Å². The molecule has 0 aliphatic heterocycles. The normalized spacial score (nSPS) is 12.0. The van der Waals surface area contributed by atoms with Gasteiger partial charge in [-0.05, 0) is 37.6 Å². The van der Waals surface area contributed by atoms with Gasteiger partial charge in [0.05, 0.1) is 6.61 Å². The fraction of sp³-hybridized carbons (Fsp3) is 0.500. The summed E-state index contributed by atoms with van der Waals surface area (Å²) in [5, 5.41) is 9.59. The Morgan fingerprint density at radius 2 is 2.00 bits per heavy atom. The maximum absolute atomic E-state index is 12.2. The van der Waals surface area contributed by atoms with Crippen LogP contribution in [0.2, 0.25) is 5.02 Å². The third kappa shape index (κ3) is 5.09. The van der Waals surface area contributed by atoms with Gasteiger partial charge in [0.15, 0.2) is 6.10 Å². The molecule has 1 amide bonds. The second-order valence-electron chi connectivity index (χ2n) is 4.26. The molecule has 1 N–H and O–H groups in total. The molecule has 0 fully saturated rings. The van der Waals surface area contributed by atoms with Crippen LogP contribution in [0.25, 0.3) is 0 Å². The Bertz CT molecular complexity index is 388. The highest BCUT2D eigenvalue weighted by molar-refractivity contribution is 6.30. The van der Waals surface area contributed by atoms with Crippen molar-refractivity contribution in [2.24, 2.45) is 0 Å². The smallest absolute Gasteiger partial charge is 0.263 e. The number of carbonyl (C=O) groups excluding carboxylic acids is 1. The number of benzene rings is 1. The summed E-state index contributed by atoms with van der Waals surface area (Å²) in [5.74, 6) is 0.483. The van der Waals surface area contributed by atoms with Crippen molar-refractivity contribution in [1.29, 1.82) is 0 Å². The van der Waals surface area contributed by atoms with Crippen molar-refractivity contribution >= 4 is 17.5 Å². The van der Waals surface area contributed by atoms with Gasteiger partial charge in [0, 0.05) is 18.1 Å². The zero-order chi connectivity index (χ0) is 14.3. The van der Waals surface area contributed by atoms with Crippen molar-refractivity contribution < 1.29 is 14.6 Å². The summed E-state index contributed by atoms with van der Waals surface area (Å²) in [4.78, 5) is 13.8. The Morgan fingerprint density at radius 3 is 2.53 bits per heavy atom. The number of aliphatic hydroxyl groups is 1. The van der Waals surface area contributed by atoms with Crippen molar-refractivity contribution in [3.05, 3.63) is 29.3 Å². The predicted molar refractivity (Wildman–Crippen MR) is 75.5 cm³/mol. The predicted octanol–water partition coefficient (Wildman–Crippen LogP) is 2.34. The average Bonchev–Trinajstić information content (AvgIpc) is 2.40. The quantitative estimate of drug-likeness (QED) is 0.836. The maximum Gasteiger partial charge on any atom is 0.263 e. The molecule has 0 bridgehead atoms. The van der Waals surface area contributed by atoms with Crippen LogP contribution in [0.4, 0.5) is 0 Å². The number of aliphatic hydroxyl groups excluding tert-OH is 1. The van der Waals surface area contributed by atoms with Gasteiger partial charge >= 0.3 is 0 Å². The maximum atomic E-state index is 12.2. The van der Waals surface area contributed by atoms with Gasteiger partial charge in [-0.25, -0.2) is 0 Å². The first-order chi connectivity index (χ1) is 9.08. The van der Waals surface area contributed by atoms with Crippen LogP contribution in [0, 0.1) is 0 Å². The van der Waals surface area contributed by atoms with Crippen molar-refractivity contribution in [2.45, 2.75) is 26.4 Å². The average molecular weight is 286 g/mol. The van der Waals surface area contributed by atoms with E-state index in [4.69, 9.17) is 21.4 Å². The highest BCUT2D eigenvalue weighted by Gasteiger charge is 2.21. The molecule has 106 valence electrons. The number of halogens is 1. The van der Waals surface area contributed by atoms with Gasteiger partial charge in [-0.1, -0.05) is 18.5 Å². The van der Waals surface area contributed by atoms with Crippen LogP contribution in [0.5, 0.6) is 5.75 Å². The number of amides is 1. The standard InChI is InChI=1S/C14H20ClNO3/c1-3-8-16(9-10-17)14(18)11(2)19-13-6-4-12(15)5-7-13/h4-7,11,17H,3,8-10H2,1-2H3. The molecule has 0 spiro atoms. The molecule has 1 aromatic carbocycles. The largest absolute Gasteiger partial charge is 0.481 e. The van der Waals surface area contributed by atoms with E-state index < -0.39 is 6.10 Å². The first kappa shape index (κ1) is 15.8. The monoisotopic (exact) mass is 285 g/mol. The highest BCUT2D eigenvalue weighted by Crippen LogP contribution is 2.17. The van der Waals surface area contributed by atoms with Gasteiger partial charge in [-0.15, -0.1) is 0 Å². The molecule has 19 heavy (non-hydrogen) atoms. The molecule has 4 nitrogen and oxygen atoms in total. The van der Waals surface area contributed by atoms with Crippen molar-refractivity contribution in [1.82, 2.24) is 4.90 Å². The van der Waals surface area contributed by atoms with Crippen LogP contribution in [-0.2, 0) is 4.79 Å². The minimum absolute atomic E-state index is 0.0423. The zero-order valence-corrected chi connectivity index (χ0v) is 12.1. The van der Waals surface area contributed by atoms with Crippen molar-refractivity contribution in [2.75, 3.05) is 19.7 Å². The Morgan fingerprint density at radius 1 is 1.37 bits per heavy atom. The van der Waals surface area contributed by atoms with Crippen LogP contribution in [0.15, 0.2) is 24.3 Å². The van der Waals surface area contributed by atoms with Crippen LogP contribution < -0.4 is 4.74 Å². The van der Waals surface area contributed by atoms with E-state index in [1.165, 1.54) is 0 Å². The SMILES string of the molecule is CCCN(CCO)C(=O)C(C)Oc1ccc(Cl)cc1. The first-order valence-electron chi connectivity index (χ1n) is 6.40. The van der Waals surface area contributed by atoms with Crippen LogP contribution >= 0.6 is 11.6 Å². The summed E-state index contributed by atoms with van der Waals surface area (Å²) < 4.78 is 5.57. The lowest BCUT2D eigenvalue weighted by molar-refractivity contribution is -0.138. The molecule has 0 saturated heterocycles. The summed E-state index contributed by atoms with van der Waals surface area (Å²) in [7, 11) is 0. The number of carbonyl (C=O) groups is 1. The molecule has 0 radical (unpaired) electrons. The Kier molecular flexibility index (Phi) is 6.67. The fourth-order valence-electron chi connectivity index (χ4n) is 1.75. The van der Waals surface area contributed by atoms with Gasteiger partial charge in [-0.2, -0.15) is 0 Å². The lowest BCUT2D eigenvalue weighted by Crippen LogP contribution is -2.42. The van der Waals surface area contributed by atoms with Gasteiger partial charge in [0.2, 0.25) is 0 Å². The van der Waals surface area contributed by atoms with E-state index in [1.807, 2.05) is 6.92 Å². The molecular weight excluding hydrogens is 266 g/mol. The number of rotatable bonds is 7. The van der Waals surface area contributed by atoms with Gasteiger partial charge in [-0.3, -0.25) is 4.79 Å². The second kappa shape index (κ2) is 8.02. The van der Waals surface area contributed by atoms with E-state index in [-0.39, 0.29) is 12.5 Å². The van der Waals surface area contributed by atoms with Gasteiger partial charge in [0.25, 0.3) is 5.91 Å². The molecule has 1 unspecified atom stereocenters. The minimum atomic E-state index is -0.584. The van der Waals surface area contributed by atoms with Gasteiger partial charge in [0.1, 0.15) is 5.75 Å². The van der Waals surface area contributed by atoms with Crippen LogP contribution in [-0.4, -0.2) is 41.7 Å². The molecule has 0 aliphatic rings. The molecule has 1 rings (SSSR count). The topological polar surface area (TPSA) is 49.8 Å². The van der Waals surface area contributed by atoms with Crippen molar-refractivity contribution in [3.63, 3.8) is 0 Å². The molecule has 1 atom stereocenters. The Labute approximate surface area is 118 Å². The Hall–Kier alpha value is -1.26. The molecule has 5 heteroatoms. The van der Waals surface area contributed by atoms with E-state index in [0.717, 1.165) is 6.42 Å². The number of ether oxygens (including phenoxy) is 1. The highest BCUT2D eigenvalue weighted by atomic mass is 35.5. The van der Waals surface area contributed by atoms with Crippen LogP contribution in [0.1, 0.15) is 20.3 Å². The number of hydrogen-bond acceptors (Lipinski definition) is 3. The zero-order valence-electron chi connectivity index (χ0n) is 11.3. The van der Waals surface area contributed by atoms with Crippen molar-refractivity contribution in [3.8, 4) is 5.75 Å². The number of hydrogen-bond donors (Lipinski definition) is 1. The van der Waals surface area contributed by atoms with Gasteiger partial charge < -0.3 is 14.7 Å². The van der Waals surface area contributed by atoms with E-state index in [1.54, 1.807) is 36.1 Å². The summed E-state index contributed by atoms with van der Waals surface area (Å²) in [6.45, 7) is 4.60. The van der Waals surface area contributed by atoms with E-state index in [2.05, 4.69) is 0 Å². The Balaban J connectivity index is 2.62. The third-order valence-electron chi connectivity index (χ3n) is 2.65. The molecule has 0 aromatic heterocycles. The summed E-state index contributed by atoms with van der Waals surface area (Å²) >= 11 is 5.79. The van der Waals surface area contributed by atoms with E-state index >= 15 is 0 Å². The lowest BCUT2D eigenvalue weighted by Gasteiger charge is -2.25. The van der Waals surface area contributed by atoms with Crippen LogP contribution in [0.3, 0.4) is 0 Å². The molecule has 1 aromatic rings. The molecule has 0 heterocycles. The first-order valence-corrected chi connectivity index (χ1v) is 6.78. The number of nitrogens with zero attached hydrogens (tertiary/aromatic N) is 1. The summed E-state index contributed by atoms with van der Waals surface area (Å²) in [5.41, 5.74) is 0. The third-order valence-corrected chi connectivity index (χ3v) is 2.90. The fourth-order valence-corrected chi connectivity index (χ4v) is 1.87. The second-order valence-corrected chi connectivity index (χ2v) is 4.70. The molecule has 0 saturated carbocycles. The summed E-state index contributed by atoms with van der Waals surface area (Å²) in [6, 6.07) is 6.88. The van der Waals surface area contributed by atoms with E-state index in [0.29, 0.717) is 23.9 Å². The molecule has 0 aliphatic carbocycles. The minimum Gasteiger partial charge on any atom is -0.481 e. The summed E-state index contributed by atoms with van der Waals surface area (Å²) in [6.07, 6.45) is 0.263. The lowest BCUT2D eigenvalue weighted by atomic mass is 10.3.